The van der Waals surface area contributed by atoms with Crippen molar-refractivity contribution in [2.45, 2.75) is 20.4 Å². The van der Waals surface area contributed by atoms with Gasteiger partial charge in [0.05, 0.1) is 18.5 Å². The lowest BCUT2D eigenvalue weighted by atomic mass is 10.2. The SMILES string of the molecule is CNC(=O)CNCc1nc2sc(C)c(C)c2c(=O)[nH]1. The van der Waals surface area contributed by atoms with Crippen LogP contribution in [0.5, 0.6) is 0 Å². The standard InChI is InChI=1S/C12H16N4O2S/c1-6-7(2)19-12-10(6)11(18)15-8(16-12)4-14-5-9(17)13-3/h14H,4-5H2,1-3H3,(H,13,17)(H,15,16,18). The van der Waals surface area contributed by atoms with Gasteiger partial charge < -0.3 is 15.6 Å². The van der Waals surface area contributed by atoms with Gasteiger partial charge in [0.25, 0.3) is 5.56 Å². The first-order valence-corrected chi connectivity index (χ1v) is 6.74. The normalized spacial score (nSPS) is 10.9. The number of carbonyl (C=O) groups excluding carboxylic acids is 1. The Morgan fingerprint density at radius 2 is 2.16 bits per heavy atom. The number of rotatable bonds is 4. The van der Waals surface area contributed by atoms with Crippen molar-refractivity contribution in [2.24, 2.45) is 0 Å². The molecule has 1 amide bonds. The predicted octanol–water partition coefficient (Wildman–Crippen LogP) is 0.437. The van der Waals surface area contributed by atoms with Gasteiger partial charge in [-0.05, 0) is 19.4 Å². The summed E-state index contributed by atoms with van der Waals surface area (Å²) in [7, 11) is 1.58. The Balaban J connectivity index is 2.22. The maximum atomic E-state index is 12.0. The molecule has 0 fully saturated rings. The van der Waals surface area contributed by atoms with E-state index in [1.165, 1.54) is 11.3 Å². The summed E-state index contributed by atoms with van der Waals surface area (Å²) in [5, 5.41) is 6.10. The van der Waals surface area contributed by atoms with Gasteiger partial charge in [-0.25, -0.2) is 4.98 Å². The fourth-order valence-corrected chi connectivity index (χ4v) is 2.81. The van der Waals surface area contributed by atoms with Crippen molar-refractivity contribution in [1.29, 1.82) is 0 Å². The van der Waals surface area contributed by atoms with Crippen LogP contribution >= 0.6 is 11.3 Å². The molecule has 0 bridgehead atoms. The Kier molecular flexibility index (Phi) is 3.96. The quantitative estimate of drug-likeness (QED) is 0.758. The first-order valence-electron chi connectivity index (χ1n) is 5.93. The highest BCUT2D eigenvalue weighted by molar-refractivity contribution is 7.18. The fraction of sp³-hybridized carbons (Fsp3) is 0.417. The minimum atomic E-state index is -0.122. The Hall–Kier alpha value is -1.73. The van der Waals surface area contributed by atoms with Crippen LogP contribution < -0.4 is 16.2 Å². The van der Waals surface area contributed by atoms with Gasteiger partial charge in [0.2, 0.25) is 5.91 Å². The molecule has 2 aromatic rings. The maximum Gasteiger partial charge on any atom is 0.259 e. The molecular weight excluding hydrogens is 264 g/mol. The number of aromatic nitrogens is 2. The zero-order chi connectivity index (χ0) is 14.0. The average Bonchev–Trinajstić information content (AvgIpc) is 2.65. The molecule has 0 aliphatic carbocycles. The van der Waals surface area contributed by atoms with Crippen LogP contribution in [0.4, 0.5) is 0 Å². The monoisotopic (exact) mass is 280 g/mol. The highest BCUT2D eigenvalue weighted by Crippen LogP contribution is 2.25. The number of thiophene rings is 1. The van der Waals surface area contributed by atoms with Crippen molar-refractivity contribution in [3.8, 4) is 0 Å². The highest BCUT2D eigenvalue weighted by Gasteiger charge is 2.11. The van der Waals surface area contributed by atoms with Crippen LogP contribution in [0.25, 0.3) is 10.2 Å². The summed E-state index contributed by atoms with van der Waals surface area (Å²) >= 11 is 1.51. The number of hydrogen-bond donors (Lipinski definition) is 3. The second kappa shape index (κ2) is 5.50. The third-order valence-corrected chi connectivity index (χ3v) is 4.05. The number of nitrogens with one attached hydrogen (secondary N) is 3. The van der Waals surface area contributed by atoms with Gasteiger partial charge in [-0.2, -0.15) is 0 Å². The summed E-state index contributed by atoms with van der Waals surface area (Å²) in [6.45, 7) is 4.45. The smallest absolute Gasteiger partial charge is 0.259 e. The summed E-state index contributed by atoms with van der Waals surface area (Å²) < 4.78 is 0. The molecule has 19 heavy (non-hydrogen) atoms. The van der Waals surface area contributed by atoms with Gasteiger partial charge in [0, 0.05) is 11.9 Å². The Bertz CT molecular complexity index is 674. The molecule has 6 nitrogen and oxygen atoms in total. The van der Waals surface area contributed by atoms with E-state index in [0.29, 0.717) is 17.8 Å². The Morgan fingerprint density at radius 1 is 1.42 bits per heavy atom. The fourth-order valence-electron chi connectivity index (χ4n) is 1.77. The van der Waals surface area contributed by atoms with E-state index in [1.54, 1.807) is 7.05 Å². The third-order valence-electron chi connectivity index (χ3n) is 2.94. The van der Waals surface area contributed by atoms with E-state index >= 15 is 0 Å². The van der Waals surface area contributed by atoms with E-state index < -0.39 is 0 Å². The molecule has 0 aliphatic rings. The van der Waals surface area contributed by atoms with E-state index in [0.717, 1.165) is 15.3 Å². The zero-order valence-corrected chi connectivity index (χ0v) is 11.9. The van der Waals surface area contributed by atoms with Crippen molar-refractivity contribution in [3.63, 3.8) is 0 Å². The summed E-state index contributed by atoms with van der Waals surface area (Å²) in [6, 6.07) is 0. The lowest BCUT2D eigenvalue weighted by molar-refractivity contribution is -0.119. The molecule has 2 aromatic heterocycles. The van der Waals surface area contributed by atoms with Crippen LogP contribution in [0.1, 0.15) is 16.3 Å². The van der Waals surface area contributed by atoms with Crippen molar-refractivity contribution >= 4 is 27.5 Å². The van der Waals surface area contributed by atoms with Crippen LogP contribution in [0, 0.1) is 13.8 Å². The minimum absolute atomic E-state index is 0.105. The van der Waals surface area contributed by atoms with E-state index in [1.807, 2.05) is 13.8 Å². The molecule has 0 spiro atoms. The molecular formula is C12H16N4O2S. The Morgan fingerprint density at radius 3 is 2.84 bits per heavy atom. The zero-order valence-electron chi connectivity index (χ0n) is 11.1. The van der Waals surface area contributed by atoms with E-state index in [2.05, 4.69) is 20.6 Å². The van der Waals surface area contributed by atoms with E-state index in [-0.39, 0.29) is 18.0 Å². The van der Waals surface area contributed by atoms with Crippen LogP contribution in [0.2, 0.25) is 0 Å². The highest BCUT2D eigenvalue weighted by atomic mass is 32.1. The summed E-state index contributed by atoms with van der Waals surface area (Å²) in [6.07, 6.45) is 0. The second-order valence-electron chi connectivity index (χ2n) is 4.25. The number of H-pyrrole nitrogens is 1. The van der Waals surface area contributed by atoms with Crippen LogP contribution in [0.3, 0.4) is 0 Å². The van der Waals surface area contributed by atoms with Crippen molar-refractivity contribution in [3.05, 3.63) is 26.6 Å². The van der Waals surface area contributed by atoms with Crippen molar-refractivity contribution in [2.75, 3.05) is 13.6 Å². The summed E-state index contributed by atoms with van der Waals surface area (Å²) in [4.78, 5) is 32.1. The first kappa shape index (κ1) is 13.7. The molecule has 0 radical (unpaired) electrons. The van der Waals surface area contributed by atoms with Crippen molar-refractivity contribution in [1.82, 2.24) is 20.6 Å². The van der Waals surface area contributed by atoms with Crippen molar-refractivity contribution < 1.29 is 4.79 Å². The molecule has 0 atom stereocenters. The minimum Gasteiger partial charge on any atom is -0.358 e. The number of amides is 1. The lowest BCUT2D eigenvalue weighted by Gasteiger charge is -2.03. The van der Waals surface area contributed by atoms with Gasteiger partial charge in [-0.3, -0.25) is 9.59 Å². The number of carbonyl (C=O) groups is 1. The maximum absolute atomic E-state index is 12.0. The van der Waals surface area contributed by atoms with E-state index in [9.17, 15) is 9.59 Å². The van der Waals surface area contributed by atoms with Crippen LogP contribution in [0.15, 0.2) is 4.79 Å². The topological polar surface area (TPSA) is 86.9 Å². The van der Waals surface area contributed by atoms with E-state index in [4.69, 9.17) is 0 Å². The first-order chi connectivity index (χ1) is 9.02. The number of hydrogen-bond acceptors (Lipinski definition) is 5. The summed E-state index contributed by atoms with van der Waals surface area (Å²) in [5.41, 5.74) is 0.863. The lowest BCUT2D eigenvalue weighted by Crippen LogP contribution is -2.31. The van der Waals surface area contributed by atoms with Gasteiger partial charge in [-0.15, -0.1) is 11.3 Å². The second-order valence-corrected chi connectivity index (χ2v) is 5.46. The molecule has 102 valence electrons. The van der Waals surface area contributed by atoms with Crippen LogP contribution in [-0.4, -0.2) is 29.5 Å². The van der Waals surface area contributed by atoms with Crippen LogP contribution in [-0.2, 0) is 11.3 Å². The molecule has 3 N–H and O–H groups in total. The number of aryl methyl sites for hydroxylation is 2. The average molecular weight is 280 g/mol. The molecule has 2 rings (SSSR count). The van der Waals surface area contributed by atoms with Gasteiger partial charge in [-0.1, -0.05) is 0 Å². The molecule has 2 heterocycles. The van der Waals surface area contributed by atoms with Gasteiger partial charge in [0.1, 0.15) is 10.7 Å². The van der Waals surface area contributed by atoms with Gasteiger partial charge in [0.15, 0.2) is 0 Å². The Labute approximate surface area is 114 Å². The molecule has 0 saturated heterocycles. The molecule has 0 saturated carbocycles. The largest absolute Gasteiger partial charge is 0.358 e. The third kappa shape index (κ3) is 2.82. The molecule has 0 aliphatic heterocycles. The number of aromatic amines is 1. The molecule has 0 unspecified atom stereocenters. The number of fused-ring (bicyclic) bond motifs is 1. The number of nitrogens with zero attached hydrogens (tertiary/aromatic N) is 1. The molecule has 0 aromatic carbocycles. The summed E-state index contributed by atoms with van der Waals surface area (Å²) in [5.74, 6) is 0.439. The predicted molar refractivity (Wildman–Crippen MR) is 75.5 cm³/mol. The number of likely N-dealkylation sites (N-methyl/N-ethyl adjacent to an activating group) is 1. The van der Waals surface area contributed by atoms with Gasteiger partial charge >= 0.3 is 0 Å². The molecule has 7 heteroatoms.